The minimum atomic E-state index is 0.867. The summed E-state index contributed by atoms with van der Waals surface area (Å²) in [7, 11) is 1.87. The molecular formula is C9H8BrN3. The van der Waals surface area contributed by atoms with Gasteiger partial charge in [0.05, 0.1) is 5.69 Å². The van der Waals surface area contributed by atoms with Crippen molar-refractivity contribution in [2.45, 2.75) is 0 Å². The van der Waals surface area contributed by atoms with Gasteiger partial charge < -0.3 is 0 Å². The highest BCUT2D eigenvalue weighted by molar-refractivity contribution is 9.10. The summed E-state index contributed by atoms with van der Waals surface area (Å²) in [4.78, 5) is 4.25. The zero-order valence-corrected chi connectivity index (χ0v) is 8.74. The monoisotopic (exact) mass is 237 g/mol. The average Bonchev–Trinajstić information content (AvgIpc) is 2.42. The highest BCUT2D eigenvalue weighted by Gasteiger charge is 2.06. The lowest BCUT2D eigenvalue weighted by molar-refractivity contribution is 0.783. The third-order valence-corrected chi connectivity index (χ3v) is 2.30. The Hall–Kier alpha value is -1.16. The van der Waals surface area contributed by atoms with Crippen molar-refractivity contribution >= 4 is 33.0 Å². The molecule has 0 aliphatic heterocycles. The molecule has 2 heterocycles. The quantitative estimate of drug-likeness (QED) is 0.763. The first-order valence-corrected chi connectivity index (χ1v) is 4.62. The van der Waals surface area contributed by atoms with Crippen molar-refractivity contribution in [3.05, 3.63) is 29.0 Å². The number of fused-ring (bicyclic) bond motifs is 1. The second-order valence-electron chi connectivity index (χ2n) is 2.74. The number of pyridine rings is 1. The molecule has 4 heteroatoms. The van der Waals surface area contributed by atoms with Crippen LogP contribution in [0.5, 0.6) is 0 Å². The second-order valence-corrected chi connectivity index (χ2v) is 3.65. The second kappa shape index (κ2) is 2.96. The van der Waals surface area contributed by atoms with Gasteiger partial charge >= 0.3 is 0 Å². The van der Waals surface area contributed by atoms with Crippen LogP contribution < -0.4 is 0 Å². The molecule has 0 spiro atoms. The Morgan fingerprint density at radius 1 is 1.62 bits per heavy atom. The third-order valence-electron chi connectivity index (χ3n) is 1.87. The Kier molecular flexibility index (Phi) is 1.92. The predicted molar refractivity (Wildman–Crippen MR) is 56.3 cm³/mol. The average molecular weight is 238 g/mol. The van der Waals surface area contributed by atoms with Crippen molar-refractivity contribution in [1.29, 1.82) is 0 Å². The van der Waals surface area contributed by atoms with Crippen LogP contribution in [0, 0.1) is 0 Å². The van der Waals surface area contributed by atoms with E-state index in [0.29, 0.717) is 0 Å². The van der Waals surface area contributed by atoms with Crippen LogP contribution in [0.15, 0.2) is 23.3 Å². The number of aryl methyl sites for hydroxylation is 1. The molecule has 0 aromatic carbocycles. The number of hydrogen-bond donors (Lipinski definition) is 0. The molecule has 0 saturated heterocycles. The molecule has 0 amide bonds. The molecule has 0 radical (unpaired) electrons. The number of halogens is 1. The highest BCUT2D eigenvalue weighted by atomic mass is 79.9. The maximum absolute atomic E-state index is 4.26. The van der Waals surface area contributed by atoms with Gasteiger partial charge in [-0.15, -0.1) is 0 Å². The van der Waals surface area contributed by atoms with Gasteiger partial charge in [0.15, 0.2) is 5.65 Å². The topological polar surface area (TPSA) is 30.7 Å². The van der Waals surface area contributed by atoms with Crippen molar-refractivity contribution in [2.24, 2.45) is 7.05 Å². The summed E-state index contributed by atoms with van der Waals surface area (Å²) in [6.07, 6.45) is 3.49. The van der Waals surface area contributed by atoms with E-state index in [-0.39, 0.29) is 0 Å². The van der Waals surface area contributed by atoms with Gasteiger partial charge in [-0.2, -0.15) is 5.10 Å². The van der Waals surface area contributed by atoms with Gasteiger partial charge in [0.1, 0.15) is 0 Å². The van der Waals surface area contributed by atoms with E-state index in [2.05, 4.69) is 32.6 Å². The standard InChI is InChI=1S/C9H8BrN3/c1-3-8-7-4-6(10)5-11-9(7)13(2)12-8/h3-5H,1H2,2H3. The molecule has 0 saturated carbocycles. The van der Waals surface area contributed by atoms with Crippen molar-refractivity contribution in [3.8, 4) is 0 Å². The van der Waals surface area contributed by atoms with Crippen LogP contribution in [0.3, 0.4) is 0 Å². The van der Waals surface area contributed by atoms with Crippen molar-refractivity contribution in [3.63, 3.8) is 0 Å². The minimum Gasteiger partial charge on any atom is -0.250 e. The molecule has 0 aliphatic rings. The van der Waals surface area contributed by atoms with Gasteiger partial charge in [-0.3, -0.25) is 0 Å². The normalized spacial score (nSPS) is 10.6. The molecule has 0 bridgehead atoms. The Balaban J connectivity index is 2.89. The van der Waals surface area contributed by atoms with Crippen LogP contribution in [-0.2, 0) is 7.05 Å². The summed E-state index contributed by atoms with van der Waals surface area (Å²) in [5.74, 6) is 0. The van der Waals surface area contributed by atoms with E-state index in [1.54, 1.807) is 17.0 Å². The number of nitrogens with zero attached hydrogens (tertiary/aromatic N) is 3. The Labute approximate surface area is 84.2 Å². The SMILES string of the molecule is C=Cc1nn(C)c2ncc(Br)cc12. The zero-order chi connectivity index (χ0) is 9.42. The molecule has 0 atom stereocenters. The van der Waals surface area contributed by atoms with Crippen LogP contribution in [0.1, 0.15) is 5.69 Å². The summed E-state index contributed by atoms with van der Waals surface area (Å²) in [5, 5.41) is 5.28. The van der Waals surface area contributed by atoms with Crippen LogP contribution in [0.25, 0.3) is 17.1 Å². The van der Waals surface area contributed by atoms with Gasteiger partial charge in [0, 0.05) is 23.1 Å². The molecule has 2 aromatic heterocycles. The van der Waals surface area contributed by atoms with Crippen LogP contribution in [-0.4, -0.2) is 14.8 Å². The molecule has 3 nitrogen and oxygen atoms in total. The predicted octanol–water partition coefficient (Wildman–Crippen LogP) is 2.37. The molecular weight excluding hydrogens is 230 g/mol. The fourth-order valence-electron chi connectivity index (χ4n) is 1.29. The maximum atomic E-state index is 4.26. The summed E-state index contributed by atoms with van der Waals surface area (Å²) >= 11 is 3.37. The molecule has 0 unspecified atom stereocenters. The number of hydrogen-bond acceptors (Lipinski definition) is 2. The van der Waals surface area contributed by atoms with Crippen molar-refractivity contribution < 1.29 is 0 Å². The molecule has 66 valence electrons. The number of aromatic nitrogens is 3. The van der Waals surface area contributed by atoms with E-state index in [1.165, 1.54) is 0 Å². The fourth-order valence-corrected chi connectivity index (χ4v) is 1.62. The van der Waals surface area contributed by atoms with Crippen LogP contribution >= 0.6 is 15.9 Å². The lowest BCUT2D eigenvalue weighted by atomic mass is 10.2. The number of rotatable bonds is 1. The fraction of sp³-hybridized carbons (Fsp3) is 0.111. The largest absolute Gasteiger partial charge is 0.250 e. The highest BCUT2D eigenvalue weighted by Crippen LogP contribution is 2.20. The summed E-state index contributed by atoms with van der Waals surface area (Å²) in [5.41, 5.74) is 1.74. The van der Waals surface area contributed by atoms with Gasteiger partial charge in [-0.25, -0.2) is 9.67 Å². The Morgan fingerprint density at radius 2 is 2.38 bits per heavy atom. The first kappa shape index (κ1) is 8.44. The zero-order valence-electron chi connectivity index (χ0n) is 7.16. The molecule has 0 fully saturated rings. The molecule has 13 heavy (non-hydrogen) atoms. The van der Waals surface area contributed by atoms with Gasteiger partial charge in [0.25, 0.3) is 0 Å². The Morgan fingerprint density at radius 3 is 3.08 bits per heavy atom. The molecule has 2 rings (SSSR count). The van der Waals surface area contributed by atoms with Gasteiger partial charge in [-0.05, 0) is 28.1 Å². The first-order chi connectivity index (χ1) is 6.22. The van der Waals surface area contributed by atoms with Gasteiger partial charge in [-0.1, -0.05) is 6.58 Å². The van der Waals surface area contributed by atoms with Crippen LogP contribution in [0.4, 0.5) is 0 Å². The third kappa shape index (κ3) is 1.27. The minimum absolute atomic E-state index is 0.867. The summed E-state index contributed by atoms with van der Waals surface area (Å²) in [6, 6.07) is 1.99. The van der Waals surface area contributed by atoms with E-state index in [4.69, 9.17) is 0 Å². The van der Waals surface area contributed by atoms with E-state index in [1.807, 2.05) is 13.1 Å². The van der Waals surface area contributed by atoms with E-state index >= 15 is 0 Å². The Bertz CT molecular complexity index is 473. The van der Waals surface area contributed by atoms with Gasteiger partial charge in [0.2, 0.25) is 0 Å². The van der Waals surface area contributed by atoms with E-state index < -0.39 is 0 Å². The molecule has 0 aliphatic carbocycles. The summed E-state index contributed by atoms with van der Waals surface area (Å²) < 4.78 is 2.70. The molecule has 2 aromatic rings. The maximum Gasteiger partial charge on any atom is 0.158 e. The van der Waals surface area contributed by atoms with E-state index in [0.717, 1.165) is 21.2 Å². The smallest absolute Gasteiger partial charge is 0.158 e. The lowest BCUT2D eigenvalue weighted by Gasteiger charge is -1.92. The first-order valence-electron chi connectivity index (χ1n) is 3.83. The molecule has 0 N–H and O–H groups in total. The van der Waals surface area contributed by atoms with Crippen molar-refractivity contribution in [2.75, 3.05) is 0 Å². The van der Waals surface area contributed by atoms with Crippen LogP contribution in [0.2, 0.25) is 0 Å². The summed E-state index contributed by atoms with van der Waals surface area (Å²) in [6.45, 7) is 3.71. The van der Waals surface area contributed by atoms with E-state index in [9.17, 15) is 0 Å². The van der Waals surface area contributed by atoms with Crippen molar-refractivity contribution in [1.82, 2.24) is 14.8 Å². The lowest BCUT2D eigenvalue weighted by Crippen LogP contribution is -1.91.